The van der Waals surface area contributed by atoms with E-state index in [1.54, 1.807) is 6.92 Å². The van der Waals surface area contributed by atoms with Gasteiger partial charge in [-0.15, -0.1) is 0 Å². The number of ether oxygens (including phenoxy) is 1. The summed E-state index contributed by atoms with van der Waals surface area (Å²) in [6.07, 6.45) is 4.15. The average Bonchev–Trinajstić information content (AvgIpc) is 2.82. The van der Waals surface area contributed by atoms with Gasteiger partial charge in [0.15, 0.2) is 0 Å². The molecule has 14 heavy (non-hydrogen) atoms. The summed E-state index contributed by atoms with van der Waals surface area (Å²) < 4.78 is 7.50. The van der Waals surface area contributed by atoms with Crippen LogP contribution in [0.25, 0.3) is 0 Å². The maximum Gasteiger partial charge on any atom is 0.122 e. The van der Waals surface area contributed by atoms with Gasteiger partial charge in [0.25, 0.3) is 0 Å². The molecule has 1 unspecified atom stereocenters. The summed E-state index contributed by atoms with van der Waals surface area (Å²) >= 11 is 0. The minimum absolute atomic E-state index is 0.422. The van der Waals surface area contributed by atoms with Crippen LogP contribution in [0.5, 0.6) is 0 Å². The topological polar surface area (TPSA) is 34.4 Å². The van der Waals surface area contributed by atoms with Gasteiger partial charge in [0, 0.05) is 11.9 Å². The molecule has 0 amide bonds. The molecule has 1 saturated carbocycles. The zero-order chi connectivity index (χ0) is 9.97. The molecule has 2 rings (SSSR count). The van der Waals surface area contributed by atoms with Crippen LogP contribution in [0.1, 0.15) is 31.6 Å². The number of nitrogens with zero attached hydrogens (tertiary/aromatic N) is 1. The van der Waals surface area contributed by atoms with Gasteiger partial charge in [0.1, 0.15) is 6.73 Å². The number of hydrogen-bond acceptors (Lipinski definition) is 2. The third-order valence-corrected chi connectivity index (χ3v) is 2.57. The Balaban J connectivity index is 1.84. The van der Waals surface area contributed by atoms with Gasteiger partial charge in [-0.1, -0.05) is 0 Å². The second-order valence-electron chi connectivity index (χ2n) is 4.02. The lowest BCUT2D eigenvalue weighted by Crippen LogP contribution is -2.08. The lowest BCUT2D eigenvalue weighted by molar-refractivity contribution is 0.0618. The van der Waals surface area contributed by atoms with Crippen molar-refractivity contribution in [1.29, 1.82) is 0 Å². The van der Waals surface area contributed by atoms with E-state index in [-0.39, 0.29) is 0 Å². The Morgan fingerprint density at radius 2 is 2.43 bits per heavy atom. The van der Waals surface area contributed by atoms with Crippen molar-refractivity contribution in [3.8, 4) is 0 Å². The van der Waals surface area contributed by atoms with Crippen LogP contribution in [0, 0.1) is 5.92 Å². The van der Waals surface area contributed by atoms with Crippen molar-refractivity contribution in [3.63, 3.8) is 0 Å². The van der Waals surface area contributed by atoms with E-state index in [2.05, 4.69) is 0 Å². The lowest BCUT2D eigenvalue weighted by atomic mass is 10.3. The standard InChI is InChI=1S/C11H17NO2/c1-9(13)11-3-2-6-12(11)8-14-7-10-4-5-10/h2-3,6,9-10,13H,4-5,7-8H2,1H3. The minimum Gasteiger partial charge on any atom is -0.387 e. The van der Waals surface area contributed by atoms with Crippen LogP contribution in [-0.2, 0) is 11.5 Å². The van der Waals surface area contributed by atoms with E-state index in [0.717, 1.165) is 18.2 Å². The summed E-state index contributed by atoms with van der Waals surface area (Å²) in [6, 6.07) is 3.85. The summed E-state index contributed by atoms with van der Waals surface area (Å²) in [7, 11) is 0. The highest BCUT2D eigenvalue weighted by Gasteiger charge is 2.21. The maximum absolute atomic E-state index is 9.44. The number of aliphatic hydroxyl groups excluding tert-OH is 1. The van der Waals surface area contributed by atoms with Gasteiger partial charge in [0.2, 0.25) is 0 Å². The van der Waals surface area contributed by atoms with Crippen molar-refractivity contribution in [3.05, 3.63) is 24.0 Å². The number of aliphatic hydroxyl groups is 1. The van der Waals surface area contributed by atoms with Crippen molar-refractivity contribution >= 4 is 0 Å². The molecule has 1 aromatic heterocycles. The lowest BCUT2D eigenvalue weighted by Gasteiger charge is -2.11. The molecule has 1 aliphatic rings. The molecule has 1 aromatic rings. The van der Waals surface area contributed by atoms with E-state index in [1.807, 2.05) is 22.9 Å². The van der Waals surface area contributed by atoms with Gasteiger partial charge in [0.05, 0.1) is 12.7 Å². The highest BCUT2D eigenvalue weighted by atomic mass is 16.5. The predicted molar refractivity (Wildman–Crippen MR) is 53.7 cm³/mol. The van der Waals surface area contributed by atoms with Crippen LogP contribution in [-0.4, -0.2) is 16.3 Å². The molecule has 3 heteroatoms. The first-order chi connectivity index (χ1) is 6.77. The molecule has 1 N–H and O–H groups in total. The van der Waals surface area contributed by atoms with Crippen molar-refractivity contribution in [2.24, 2.45) is 5.92 Å². The van der Waals surface area contributed by atoms with E-state index >= 15 is 0 Å². The Kier molecular flexibility index (Phi) is 2.89. The Morgan fingerprint density at radius 1 is 1.64 bits per heavy atom. The van der Waals surface area contributed by atoms with Crippen LogP contribution in [0.3, 0.4) is 0 Å². The summed E-state index contributed by atoms with van der Waals surface area (Å²) in [5.74, 6) is 0.792. The molecule has 0 saturated heterocycles. The minimum atomic E-state index is -0.422. The van der Waals surface area contributed by atoms with Gasteiger partial charge in [-0.25, -0.2) is 0 Å². The molecule has 1 atom stereocenters. The molecule has 0 bridgehead atoms. The zero-order valence-electron chi connectivity index (χ0n) is 8.52. The zero-order valence-corrected chi connectivity index (χ0v) is 8.52. The van der Waals surface area contributed by atoms with Crippen LogP contribution < -0.4 is 0 Å². The predicted octanol–water partition coefficient (Wildman–Crippen LogP) is 1.93. The summed E-state index contributed by atoms with van der Waals surface area (Å²) in [5, 5.41) is 9.44. The Morgan fingerprint density at radius 3 is 3.07 bits per heavy atom. The van der Waals surface area contributed by atoms with E-state index in [4.69, 9.17) is 4.74 Å². The molecule has 0 aliphatic heterocycles. The summed E-state index contributed by atoms with van der Waals surface area (Å²) in [6.45, 7) is 3.19. The fourth-order valence-corrected chi connectivity index (χ4v) is 1.53. The largest absolute Gasteiger partial charge is 0.387 e. The molecule has 0 aromatic carbocycles. The van der Waals surface area contributed by atoms with E-state index in [9.17, 15) is 5.11 Å². The quantitative estimate of drug-likeness (QED) is 0.779. The summed E-state index contributed by atoms with van der Waals surface area (Å²) in [4.78, 5) is 0. The van der Waals surface area contributed by atoms with Crippen LogP contribution in [0.4, 0.5) is 0 Å². The molecule has 0 spiro atoms. The number of hydrogen-bond donors (Lipinski definition) is 1. The Hall–Kier alpha value is -0.800. The molecule has 1 fully saturated rings. The van der Waals surface area contributed by atoms with Gasteiger partial charge in [-0.3, -0.25) is 0 Å². The summed E-state index contributed by atoms with van der Waals surface area (Å²) in [5.41, 5.74) is 0.917. The van der Waals surface area contributed by atoms with Gasteiger partial charge >= 0.3 is 0 Å². The normalized spacial score (nSPS) is 18.4. The number of aromatic nitrogens is 1. The highest BCUT2D eigenvalue weighted by molar-refractivity contribution is 5.08. The third kappa shape index (κ3) is 2.36. The average molecular weight is 195 g/mol. The maximum atomic E-state index is 9.44. The second kappa shape index (κ2) is 4.15. The molecular weight excluding hydrogens is 178 g/mol. The van der Waals surface area contributed by atoms with Gasteiger partial charge < -0.3 is 14.4 Å². The van der Waals surface area contributed by atoms with E-state index < -0.39 is 6.10 Å². The van der Waals surface area contributed by atoms with Gasteiger partial charge in [-0.05, 0) is 37.8 Å². The monoisotopic (exact) mass is 195 g/mol. The van der Waals surface area contributed by atoms with E-state index in [1.165, 1.54) is 12.8 Å². The van der Waals surface area contributed by atoms with Crippen molar-refractivity contribution in [2.75, 3.05) is 6.61 Å². The smallest absolute Gasteiger partial charge is 0.122 e. The fourth-order valence-electron chi connectivity index (χ4n) is 1.53. The highest BCUT2D eigenvalue weighted by Crippen LogP contribution is 2.28. The van der Waals surface area contributed by atoms with Crippen LogP contribution in [0.15, 0.2) is 18.3 Å². The molecule has 0 radical (unpaired) electrons. The Labute approximate surface area is 84.3 Å². The number of rotatable bonds is 5. The van der Waals surface area contributed by atoms with E-state index in [0.29, 0.717) is 6.73 Å². The first kappa shape index (κ1) is 9.74. The molecule has 3 nitrogen and oxygen atoms in total. The SMILES string of the molecule is CC(O)c1cccn1COCC1CC1. The van der Waals surface area contributed by atoms with Crippen LogP contribution >= 0.6 is 0 Å². The van der Waals surface area contributed by atoms with Gasteiger partial charge in [-0.2, -0.15) is 0 Å². The Bertz CT molecular complexity index is 289. The third-order valence-electron chi connectivity index (χ3n) is 2.57. The second-order valence-corrected chi connectivity index (χ2v) is 4.02. The first-order valence-electron chi connectivity index (χ1n) is 5.18. The molecule has 1 aliphatic carbocycles. The first-order valence-corrected chi connectivity index (χ1v) is 5.18. The van der Waals surface area contributed by atoms with Crippen LogP contribution in [0.2, 0.25) is 0 Å². The molecular formula is C11H17NO2. The van der Waals surface area contributed by atoms with Crippen molar-refractivity contribution in [2.45, 2.75) is 32.6 Å². The fraction of sp³-hybridized carbons (Fsp3) is 0.636. The van der Waals surface area contributed by atoms with Crippen molar-refractivity contribution < 1.29 is 9.84 Å². The molecule has 1 heterocycles. The van der Waals surface area contributed by atoms with Crippen molar-refractivity contribution in [1.82, 2.24) is 4.57 Å². The molecule has 78 valence electrons.